The molecular weight excluding hydrogens is 396 g/mol. The Balaban J connectivity index is 1.72. The van der Waals surface area contributed by atoms with Gasteiger partial charge in [-0.15, -0.1) is 0 Å². The smallest absolute Gasteiger partial charge is 0.278 e. The lowest BCUT2D eigenvalue weighted by atomic mass is 10.2. The van der Waals surface area contributed by atoms with Crippen LogP contribution >= 0.6 is 15.9 Å². The van der Waals surface area contributed by atoms with Gasteiger partial charge in [0.15, 0.2) is 13.1 Å². The number of quaternary nitrogens is 2. The maximum absolute atomic E-state index is 12.5. The molecule has 1 aromatic carbocycles. The predicted molar refractivity (Wildman–Crippen MR) is 105 cm³/mol. The largest absolute Gasteiger partial charge is 0.349 e. The molecule has 0 aromatic heterocycles. The zero-order valence-electron chi connectivity index (χ0n) is 16.0. The van der Waals surface area contributed by atoms with Crippen molar-refractivity contribution < 1.29 is 19.4 Å². The van der Waals surface area contributed by atoms with Crippen molar-refractivity contribution in [3.63, 3.8) is 0 Å². The van der Waals surface area contributed by atoms with Crippen molar-refractivity contribution in [2.24, 2.45) is 0 Å². The van der Waals surface area contributed by atoms with E-state index in [0.717, 1.165) is 37.2 Å². The molecule has 2 amide bonds. The Morgan fingerprint density at radius 3 is 2.42 bits per heavy atom. The molecule has 0 radical (unpaired) electrons. The summed E-state index contributed by atoms with van der Waals surface area (Å²) in [6.07, 6.45) is 0. The molecule has 1 heterocycles. The highest BCUT2D eigenvalue weighted by atomic mass is 79.9. The van der Waals surface area contributed by atoms with Crippen molar-refractivity contribution >= 4 is 27.7 Å². The van der Waals surface area contributed by atoms with Gasteiger partial charge in [0, 0.05) is 16.1 Å². The highest BCUT2D eigenvalue weighted by molar-refractivity contribution is 9.10. The minimum Gasteiger partial charge on any atom is -0.349 e. The number of hydrogen-bond donors (Lipinski definition) is 3. The summed E-state index contributed by atoms with van der Waals surface area (Å²) in [7, 11) is 2.05. The molecule has 26 heavy (non-hydrogen) atoms. The monoisotopic (exact) mass is 426 g/mol. The molecule has 1 aliphatic heterocycles. The summed E-state index contributed by atoms with van der Waals surface area (Å²) >= 11 is 3.44. The zero-order valence-corrected chi connectivity index (χ0v) is 17.6. The van der Waals surface area contributed by atoms with E-state index in [-0.39, 0.29) is 17.9 Å². The fourth-order valence-electron chi connectivity index (χ4n) is 3.23. The van der Waals surface area contributed by atoms with Gasteiger partial charge in [-0.25, -0.2) is 0 Å². The molecule has 0 spiro atoms. The summed E-state index contributed by atoms with van der Waals surface area (Å²) < 4.78 is 1.07. The maximum Gasteiger partial charge on any atom is 0.278 e. The Morgan fingerprint density at radius 1 is 1.23 bits per heavy atom. The molecule has 1 saturated heterocycles. The number of amides is 2. The second-order valence-corrected chi connectivity index (χ2v) is 8.38. The number of likely N-dealkylation sites (N-methyl/N-ethyl adjacent to an activating group) is 1. The lowest BCUT2D eigenvalue weighted by Crippen LogP contribution is -3.16. The summed E-state index contributed by atoms with van der Waals surface area (Å²) in [6, 6.07) is 8.41. The van der Waals surface area contributed by atoms with E-state index in [1.54, 1.807) is 0 Å². The van der Waals surface area contributed by atoms with Crippen LogP contribution in [0.2, 0.25) is 0 Å². The van der Waals surface area contributed by atoms with E-state index in [0.29, 0.717) is 13.1 Å². The molecule has 1 unspecified atom stereocenters. The highest BCUT2D eigenvalue weighted by Gasteiger charge is 2.26. The normalized spacial score (nSPS) is 16.6. The highest BCUT2D eigenvalue weighted by Crippen LogP contribution is 2.09. The van der Waals surface area contributed by atoms with Gasteiger partial charge in [-0.3, -0.25) is 9.59 Å². The van der Waals surface area contributed by atoms with Crippen molar-refractivity contribution in [3.8, 4) is 0 Å². The van der Waals surface area contributed by atoms with E-state index in [1.807, 2.05) is 30.9 Å². The average Bonchev–Trinajstić information content (AvgIpc) is 2.56. The quantitative estimate of drug-likeness (QED) is 0.508. The first-order valence-corrected chi connectivity index (χ1v) is 10.1. The van der Waals surface area contributed by atoms with Crippen LogP contribution in [0.5, 0.6) is 0 Å². The van der Waals surface area contributed by atoms with Gasteiger partial charge in [-0.2, -0.15) is 0 Å². The molecule has 1 aliphatic rings. The third-order valence-electron chi connectivity index (χ3n) is 4.56. The molecule has 0 aliphatic carbocycles. The third-order valence-corrected chi connectivity index (χ3v) is 5.08. The van der Waals surface area contributed by atoms with Gasteiger partial charge in [0.2, 0.25) is 0 Å². The minimum atomic E-state index is 0.0912. The van der Waals surface area contributed by atoms with Crippen molar-refractivity contribution in [2.45, 2.75) is 26.4 Å². The van der Waals surface area contributed by atoms with Gasteiger partial charge < -0.3 is 20.0 Å². The Morgan fingerprint density at radius 2 is 1.85 bits per heavy atom. The van der Waals surface area contributed by atoms with E-state index in [1.165, 1.54) is 15.4 Å². The molecule has 3 N–H and O–H groups in total. The van der Waals surface area contributed by atoms with E-state index in [9.17, 15) is 9.59 Å². The van der Waals surface area contributed by atoms with Crippen LogP contribution in [0.3, 0.4) is 0 Å². The standard InChI is InChI=1S/C19H29BrN4O2/c1-15(2)21-18(25)13-23-8-10-24(11-9-23)19(26)14-22(3)12-16-4-6-17(20)7-5-16/h4-7,15H,8-14H2,1-3H3,(H,21,25)/p+2. The lowest BCUT2D eigenvalue weighted by molar-refractivity contribution is -0.897. The van der Waals surface area contributed by atoms with E-state index in [2.05, 4.69) is 40.4 Å². The van der Waals surface area contributed by atoms with Crippen molar-refractivity contribution in [2.75, 3.05) is 46.3 Å². The zero-order chi connectivity index (χ0) is 19.1. The van der Waals surface area contributed by atoms with Gasteiger partial charge in [-0.1, -0.05) is 28.1 Å². The Kier molecular flexibility index (Phi) is 8.06. The molecule has 1 atom stereocenters. The summed E-state index contributed by atoms with van der Waals surface area (Å²) in [5.74, 6) is 0.291. The lowest BCUT2D eigenvalue weighted by Gasteiger charge is -2.32. The van der Waals surface area contributed by atoms with Crippen molar-refractivity contribution in [3.05, 3.63) is 34.3 Å². The number of rotatable bonds is 7. The van der Waals surface area contributed by atoms with Crippen LogP contribution in [0.15, 0.2) is 28.7 Å². The summed E-state index contributed by atoms with van der Waals surface area (Å²) in [5, 5.41) is 2.93. The number of carbonyl (C=O) groups is 2. The average molecular weight is 427 g/mol. The van der Waals surface area contributed by atoms with Crippen LogP contribution in [-0.2, 0) is 16.1 Å². The van der Waals surface area contributed by atoms with Crippen LogP contribution < -0.4 is 15.1 Å². The summed E-state index contributed by atoms with van der Waals surface area (Å²) in [5.41, 5.74) is 1.23. The third kappa shape index (κ3) is 7.05. The molecule has 1 fully saturated rings. The first kappa shape index (κ1) is 20.9. The number of halogens is 1. The predicted octanol–water partition coefficient (Wildman–Crippen LogP) is -1.28. The number of nitrogens with one attached hydrogen (secondary N) is 3. The van der Waals surface area contributed by atoms with Gasteiger partial charge in [-0.05, 0) is 26.0 Å². The maximum atomic E-state index is 12.5. The molecule has 144 valence electrons. The SMILES string of the molecule is CC(C)NC(=O)C[NH+]1CCN(C(=O)C[NH+](C)Cc2ccc(Br)cc2)CC1. The molecule has 7 heteroatoms. The Hall–Kier alpha value is -1.44. The first-order valence-electron chi connectivity index (χ1n) is 9.30. The Labute approximate surface area is 164 Å². The summed E-state index contributed by atoms with van der Waals surface area (Å²) in [4.78, 5) is 28.8. The number of nitrogens with zero attached hydrogens (tertiary/aromatic N) is 1. The van der Waals surface area contributed by atoms with Crippen LogP contribution in [-0.4, -0.2) is 69.1 Å². The van der Waals surface area contributed by atoms with Gasteiger partial charge in [0.05, 0.1) is 33.2 Å². The number of carbonyl (C=O) groups excluding carboxylic acids is 2. The van der Waals surface area contributed by atoms with Gasteiger partial charge in [0.25, 0.3) is 11.8 Å². The Bertz CT molecular complexity index is 598. The topological polar surface area (TPSA) is 58.3 Å². The molecule has 0 bridgehead atoms. The van der Waals surface area contributed by atoms with Crippen LogP contribution in [0.4, 0.5) is 0 Å². The second-order valence-electron chi connectivity index (χ2n) is 7.47. The summed E-state index contributed by atoms with van der Waals surface area (Å²) in [6.45, 7) is 8.90. The fourth-order valence-corrected chi connectivity index (χ4v) is 3.50. The fraction of sp³-hybridized carbons (Fsp3) is 0.579. The van der Waals surface area contributed by atoms with Gasteiger partial charge in [0.1, 0.15) is 6.54 Å². The van der Waals surface area contributed by atoms with E-state index in [4.69, 9.17) is 0 Å². The van der Waals surface area contributed by atoms with Crippen LogP contribution in [0, 0.1) is 0 Å². The van der Waals surface area contributed by atoms with Gasteiger partial charge >= 0.3 is 0 Å². The van der Waals surface area contributed by atoms with E-state index < -0.39 is 0 Å². The second kappa shape index (κ2) is 10.0. The van der Waals surface area contributed by atoms with Crippen molar-refractivity contribution in [1.29, 1.82) is 0 Å². The van der Waals surface area contributed by atoms with E-state index >= 15 is 0 Å². The molecule has 1 aromatic rings. The number of hydrogen-bond acceptors (Lipinski definition) is 2. The van der Waals surface area contributed by atoms with Crippen molar-refractivity contribution in [1.82, 2.24) is 10.2 Å². The molecule has 2 rings (SSSR count). The number of benzene rings is 1. The minimum absolute atomic E-state index is 0.0912. The van der Waals surface area contributed by atoms with Crippen LogP contribution in [0.1, 0.15) is 19.4 Å². The van der Waals surface area contributed by atoms with Crippen LogP contribution in [0.25, 0.3) is 0 Å². The molecule has 6 nitrogen and oxygen atoms in total. The molecular formula is C19H31BrN4O2+2. The number of piperazine rings is 1. The molecule has 0 saturated carbocycles. The first-order chi connectivity index (χ1) is 12.3.